The van der Waals surface area contributed by atoms with Crippen molar-refractivity contribution in [3.8, 4) is 5.75 Å². The summed E-state index contributed by atoms with van der Waals surface area (Å²) < 4.78 is 5.60. The van der Waals surface area contributed by atoms with Gasteiger partial charge in [0.2, 0.25) is 5.91 Å². The number of aromatic amines is 1. The van der Waals surface area contributed by atoms with E-state index in [4.69, 9.17) is 4.74 Å². The third-order valence-corrected chi connectivity index (χ3v) is 7.79. The zero-order valence-electron chi connectivity index (χ0n) is 17.9. The molecule has 32 heavy (non-hydrogen) atoms. The highest BCUT2D eigenvalue weighted by molar-refractivity contribution is 7.19. The van der Waals surface area contributed by atoms with E-state index in [2.05, 4.69) is 25.5 Å². The van der Waals surface area contributed by atoms with Crippen molar-refractivity contribution < 1.29 is 9.53 Å². The van der Waals surface area contributed by atoms with Crippen LogP contribution in [0.15, 0.2) is 24.7 Å². The summed E-state index contributed by atoms with van der Waals surface area (Å²) in [6, 6.07) is 3.94. The van der Waals surface area contributed by atoms with E-state index in [0.29, 0.717) is 11.7 Å². The van der Waals surface area contributed by atoms with E-state index in [1.54, 1.807) is 31.0 Å². The lowest BCUT2D eigenvalue weighted by molar-refractivity contribution is -0.134. The minimum atomic E-state index is 0.0848. The van der Waals surface area contributed by atoms with Crippen molar-refractivity contribution in [3.05, 3.63) is 35.1 Å². The second-order valence-electron chi connectivity index (χ2n) is 8.51. The number of carbonyl (C=O) groups excluding carboxylic acids is 1. The molecule has 164 valence electrons. The van der Waals surface area contributed by atoms with Gasteiger partial charge in [0.15, 0.2) is 0 Å². The van der Waals surface area contributed by atoms with Crippen molar-refractivity contribution in [2.45, 2.75) is 32.1 Å². The van der Waals surface area contributed by atoms with Gasteiger partial charge in [-0.2, -0.15) is 5.10 Å². The number of hydrogen-bond donors (Lipinski definition) is 2. The first-order valence-corrected chi connectivity index (χ1v) is 11.8. The van der Waals surface area contributed by atoms with Crippen LogP contribution in [0, 0.1) is 5.92 Å². The Labute approximate surface area is 189 Å². The molecule has 4 aromatic rings. The minimum Gasteiger partial charge on any atom is -0.494 e. The lowest BCUT2D eigenvalue weighted by Gasteiger charge is -2.26. The van der Waals surface area contributed by atoms with Crippen molar-refractivity contribution in [1.29, 1.82) is 0 Å². The first-order chi connectivity index (χ1) is 15.7. The fourth-order valence-corrected chi connectivity index (χ4v) is 6.24. The zero-order chi connectivity index (χ0) is 21.7. The standard InChI is InChI=1S/C23H24N6O2S/c1-31-18-10-16-14(11-26-28-16)8-17(18)27-21-20-15-5-4-13(23(30)29-6-2-3-7-29)9-19(15)32-22(20)25-12-24-21/h8,10-13H,2-7,9H2,1H3,(H,26,28)(H,24,25,27). The lowest BCUT2D eigenvalue weighted by Crippen LogP contribution is -2.36. The summed E-state index contributed by atoms with van der Waals surface area (Å²) in [5, 5.41) is 12.6. The Morgan fingerprint density at radius 1 is 1.28 bits per heavy atom. The van der Waals surface area contributed by atoms with Crippen LogP contribution in [-0.4, -0.2) is 51.2 Å². The molecule has 2 aliphatic rings. The Kier molecular flexibility index (Phi) is 4.71. The number of fused-ring (bicyclic) bond motifs is 4. The van der Waals surface area contributed by atoms with Crippen molar-refractivity contribution in [2.75, 3.05) is 25.5 Å². The van der Waals surface area contributed by atoms with Gasteiger partial charge in [-0.1, -0.05) is 0 Å². The number of methoxy groups -OCH3 is 1. The van der Waals surface area contributed by atoms with E-state index in [-0.39, 0.29) is 5.92 Å². The molecule has 0 spiro atoms. The summed E-state index contributed by atoms with van der Waals surface area (Å²) >= 11 is 1.69. The van der Waals surface area contributed by atoms with Crippen LogP contribution in [-0.2, 0) is 17.6 Å². The van der Waals surface area contributed by atoms with Crippen LogP contribution >= 0.6 is 11.3 Å². The van der Waals surface area contributed by atoms with Crippen LogP contribution in [0.5, 0.6) is 5.75 Å². The van der Waals surface area contributed by atoms with Gasteiger partial charge in [-0.05, 0) is 43.7 Å². The van der Waals surface area contributed by atoms with Gasteiger partial charge in [0, 0.05) is 35.3 Å². The van der Waals surface area contributed by atoms with Gasteiger partial charge < -0.3 is 15.0 Å². The second-order valence-corrected chi connectivity index (χ2v) is 9.60. The first-order valence-electron chi connectivity index (χ1n) is 11.0. The van der Waals surface area contributed by atoms with Gasteiger partial charge in [-0.25, -0.2) is 9.97 Å². The number of ether oxygens (including phenoxy) is 1. The highest BCUT2D eigenvalue weighted by Gasteiger charge is 2.32. The van der Waals surface area contributed by atoms with Crippen LogP contribution in [0.3, 0.4) is 0 Å². The molecule has 1 amide bonds. The number of likely N-dealkylation sites (tertiary alicyclic amines) is 1. The Morgan fingerprint density at radius 2 is 2.16 bits per heavy atom. The molecule has 1 unspecified atom stereocenters. The predicted molar refractivity (Wildman–Crippen MR) is 125 cm³/mol. The fraction of sp³-hybridized carbons (Fsp3) is 0.391. The quantitative estimate of drug-likeness (QED) is 0.489. The van der Waals surface area contributed by atoms with Crippen LogP contribution in [0.4, 0.5) is 11.5 Å². The number of nitrogens with one attached hydrogen (secondary N) is 2. The number of aryl methyl sites for hydroxylation is 1. The number of benzene rings is 1. The maximum atomic E-state index is 13.0. The summed E-state index contributed by atoms with van der Waals surface area (Å²) in [5.41, 5.74) is 3.03. The molecule has 0 bridgehead atoms. The zero-order valence-corrected chi connectivity index (χ0v) is 18.7. The van der Waals surface area contributed by atoms with E-state index in [9.17, 15) is 4.79 Å². The summed E-state index contributed by atoms with van der Waals surface area (Å²) in [6.07, 6.45) is 8.21. The molecule has 1 aromatic carbocycles. The van der Waals surface area contributed by atoms with Crippen molar-refractivity contribution in [3.63, 3.8) is 0 Å². The topological polar surface area (TPSA) is 96.0 Å². The normalized spacial score (nSPS) is 18.3. The average Bonchev–Trinajstić information content (AvgIpc) is 3.56. The van der Waals surface area contributed by atoms with E-state index in [1.165, 1.54) is 10.4 Å². The molecule has 1 atom stereocenters. The SMILES string of the molecule is COc1cc2[nH]ncc2cc1Nc1ncnc2sc3c(c12)CCC(C(=O)N1CCCC1)C3. The Hall–Kier alpha value is -3.20. The van der Waals surface area contributed by atoms with Crippen LogP contribution in [0.1, 0.15) is 29.7 Å². The smallest absolute Gasteiger partial charge is 0.226 e. The maximum Gasteiger partial charge on any atom is 0.226 e. The predicted octanol–water partition coefficient (Wildman–Crippen LogP) is 4.05. The number of anilines is 2. The van der Waals surface area contributed by atoms with Gasteiger partial charge >= 0.3 is 0 Å². The number of hydrogen-bond acceptors (Lipinski definition) is 7. The van der Waals surface area contributed by atoms with E-state index < -0.39 is 0 Å². The molecule has 1 aliphatic carbocycles. The molecule has 0 radical (unpaired) electrons. The van der Waals surface area contributed by atoms with Crippen LogP contribution in [0.2, 0.25) is 0 Å². The summed E-state index contributed by atoms with van der Waals surface area (Å²) in [6.45, 7) is 1.83. The van der Waals surface area contributed by atoms with Crippen molar-refractivity contribution in [2.24, 2.45) is 5.92 Å². The molecule has 9 heteroatoms. The maximum absolute atomic E-state index is 13.0. The average molecular weight is 449 g/mol. The van der Waals surface area contributed by atoms with Gasteiger partial charge in [0.05, 0.1) is 29.9 Å². The molecular formula is C23H24N6O2S. The number of nitrogens with zero attached hydrogens (tertiary/aromatic N) is 4. The Bertz CT molecular complexity index is 1320. The molecule has 2 N–H and O–H groups in total. The number of carbonyl (C=O) groups is 1. The van der Waals surface area contributed by atoms with Gasteiger partial charge in [0.25, 0.3) is 0 Å². The molecule has 1 fully saturated rings. The number of thiophene rings is 1. The second kappa shape index (κ2) is 7.74. The minimum absolute atomic E-state index is 0.0848. The monoisotopic (exact) mass is 448 g/mol. The largest absolute Gasteiger partial charge is 0.494 e. The molecule has 3 aromatic heterocycles. The van der Waals surface area contributed by atoms with Gasteiger partial charge in [0.1, 0.15) is 22.7 Å². The molecule has 0 saturated carbocycles. The van der Waals surface area contributed by atoms with Crippen molar-refractivity contribution >= 4 is 49.9 Å². The Balaban J connectivity index is 1.35. The first kappa shape index (κ1) is 19.5. The molecule has 4 heterocycles. The van der Waals surface area contributed by atoms with Gasteiger partial charge in [-0.15, -0.1) is 11.3 Å². The van der Waals surface area contributed by atoms with E-state index in [0.717, 1.165) is 77.8 Å². The molecular weight excluding hydrogens is 424 g/mol. The van der Waals surface area contributed by atoms with E-state index >= 15 is 0 Å². The lowest BCUT2D eigenvalue weighted by atomic mass is 9.87. The van der Waals surface area contributed by atoms with E-state index in [1.807, 2.05) is 17.0 Å². The van der Waals surface area contributed by atoms with Crippen molar-refractivity contribution in [1.82, 2.24) is 25.1 Å². The molecule has 1 aliphatic heterocycles. The highest BCUT2D eigenvalue weighted by Crippen LogP contribution is 2.42. The highest BCUT2D eigenvalue weighted by atomic mass is 32.1. The third-order valence-electron chi connectivity index (χ3n) is 6.63. The third kappa shape index (κ3) is 3.19. The Morgan fingerprint density at radius 3 is 3.00 bits per heavy atom. The van der Waals surface area contributed by atoms with Gasteiger partial charge in [-0.3, -0.25) is 9.89 Å². The number of amides is 1. The fourth-order valence-electron chi connectivity index (χ4n) is 4.98. The van der Waals surface area contributed by atoms with Crippen LogP contribution < -0.4 is 10.1 Å². The summed E-state index contributed by atoms with van der Waals surface area (Å²) in [4.78, 5) is 26.4. The number of rotatable bonds is 4. The molecule has 6 rings (SSSR count). The number of aromatic nitrogens is 4. The summed E-state index contributed by atoms with van der Waals surface area (Å²) in [5.74, 6) is 1.90. The number of H-pyrrole nitrogens is 1. The molecule has 8 nitrogen and oxygen atoms in total. The van der Waals surface area contributed by atoms with Crippen LogP contribution in [0.25, 0.3) is 21.1 Å². The summed E-state index contributed by atoms with van der Waals surface area (Å²) in [7, 11) is 1.66. The molecule has 1 saturated heterocycles.